The van der Waals surface area contributed by atoms with Gasteiger partial charge in [0.2, 0.25) is 0 Å². The third-order valence-electron chi connectivity index (χ3n) is 3.82. The molecule has 5 heteroatoms. The topological polar surface area (TPSA) is 60.4 Å². The molecule has 3 unspecified atom stereocenters. The Balaban J connectivity index is 2.30. The van der Waals surface area contributed by atoms with Crippen molar-refractivity contribution < 1.29 is 17.9 Å². The standard InChI is InChI=1S/C10H16O4S/c1-8-10(5-6-15(8,12)13)4-3-9(2,7-11)14-10/h7-8H,3-6H2,1-2H3. The lowest BCUT2D eigenvalue weighted by Crippen LogP contribution is -2.41. The van der Waals surface area contributed by atoms with Crippen molar-refractivity contribution in [1.29, 1.82) is 0 Å². The van der Waals surface area contributed by atoms with Crippen LogP contribution in [0, 0.1) is 0 Å². The van der Waals surface area contributed by atoms with Crippen molar-refractivity contribution in [3.63, 3.8) is 0 Å². The van der Waals surface area contributed by atoms with Crippen molar-refractivity contribution in [1.82, 2.24) is 0 Å². The first-order valence-corrected chi connectivity index (χ1v) is 6.93. The Labute approximate surface area is 89.9 Å². The number of hydrogen-bond acceptors (Lipinski definition) is 4. The van der Waals surface area contributed by atoms with Gasteiger partial charge in [-0.15, -0.1) is 0 Å². The molecule has 0 amide bonds. The third-order valence-corrected chi connectivity index (χ3v) is 6.10. The van der Waals surface area contributed by atoms with Crippen molar-refractivity contribution >= 4 is 16.1 Å². The van der Waals surface area contributed by atoms with Gasteiger partial charge in [-0.25, -0.2) is 8.42 Å². The van der Waals surface area contributed by atoms with Crippen LogP contribution in [-0.2, 0) is 19.4 Å². The van der Waals surface area contributed by atoms with Crippen molar-refractivity contribution in [2.24, 2.45) is 0 Å². The number of rotatable bonds is 1. The maximum atomic E-state index is 11.7. The third kappa shape index (κ3) is 1.52. The molecule has 4 nitrogen and oxygen atoms in total. The zero-order chi connectivity index (χ0) is 11.3. The molecule has 2 rings (SSSR count). The van der Waals surface area contributed by atoms with E-state index in [-0.39, 0.29) is 5.75 Å². The van der Waals surface area contributed by atoms with Gasteiger partial charge in [0.15, 0.2) is 16.1 Å². The smallest absolute Gasteiger partial charge is 0.155 e. The summed E-state index contributed by atoms with van der Waals surface area (Å²) in [4.78, 5) is 10.9. The first-order chi connectivity index (χ1) is 6.84. The Hall–Kier alpha value is -0.420. The molecule has 15 heavy (non-hydrogen) atoms. The second kappa shape index (κ2) is 3.04. The number of sulfone groups is 1. The van der Waals surface area contributed by atoms with Crippen LogP contribution in [-0.4, -0.2) is 36.9 Å². The van der Waals surface area contributed by atoms with Gasteiger partial charge >= 0.3 is 0 Å². The molecule has 2 aliphatic heterocycles. The fraction of sp³-hybridized carbons (Fsp3) is 0.900. The molecule has 2 saturated heterocycles. The Kier molecular flexibility index (Phi) is 2.25. The molecule has 86 valence electrons. The molecule has 0 bridgehead atoms. The normalized spacial score (nSPS) is 48.5. The second-order valence-electron chi connectivity index (χ2n) is 4.86. The Bertz CT molecular complexity index is 388. The van der Waals surface area contributed by atoms with Crippen molar-refractivity contribution in [2.75, 3.05) is 5.75 Å². The highest BCUT2D eigenvalue weighted by Gasteiger charge is 2.57. The summed E-state index contributed by atoms with van der Waals surface area (Å²) in [6, 6.07) is 0. The van der Waals surface area contributed by atoms with E-state index in [2.05, 4.69) is 0 Å². The Morgan fingerprint density at radius 1 is 1.33 bits per heavy atom. The minimum atomic E-state index is -3.02. The van der Waals surface area contributed by atoms with Crippen LogP contribution in [0.4, 0.5) is 0 Å². The van der Waals surface area contributed by atoms with Gasteiger partial charge in [-0.1, -0.05) is 0 Å². The van der Waals surface area contributed by atoms with Gasteiger partial charge in [-0.05, 0) is 33.1 Å². The summed E-state index contributed by atoms with van der Waals surface area (Å²) in [5.41, 5.74) is -1.39. The zero-order valence-electron chi connectivity index (χ0n) is 9.02. The summed E-state index contributed by atoms with van der Waals surface area (Å²) < 4.78 is 29.1. The maximum absolute atomic E-state index is 11.7. The van der Waals surface area contributed by atoms with E-state index in [0.717, 1.165) is 6.29 Å². The van der Waals surface area contributed by atoms with Gasteiger partial charge in [0.25, 0.3) is 0 Å². The van der Waals surface area contributed by atoms with Crippen LogP contribution in [0.3, 0.4) is 0 Å². The monoisotopic (exact) mass is 232 g/mol. The van der Waals surface area contributed by atoms with Crippen LogP contribution < -0.4 is 0 Å². The van der Waals surface area contributed by atoms with Gasteiger partial charge < -0.3 is 9.53 Å². The van der Waals surface area contributed by atoms with E-state index in [4.69, 9.17) is 4.74 Å². The minimum Gasteiger partial charge on any atom is -0.360 e. The van der Waals surface area contributed by atoms with Crippen LogP contribution >= 0.6 is 0 Å². The quantitative estimate of drug-likeness (QED) is 0.624. The molecular formula is C10H16O4S. The summed E-state index contributed by atoms with van der Waals surface area (Å²) >= 11 is 0. The summed E-state index contributed by atoms with van der Waals surface area (Å²) in [5, 5.41) is -0.480. The van der Waals surface area contributed by atoms with Crippen LogP contribution in [0.25, 0.3) is 0 Å². The average Bonchev–Trinajstić information content (AvgIpc) is 2.64. The Morgan fingerprint density at radius 3 is 2.40 bits per heavy atom. The lowest BCUT2D eigenvalue weighted by Gasteiger charge is -2.29. The number of carbonyl (C=O) groups is 1. The number of carbonyl (C=O) groups excluding carboxylic acids is 1. The fourth-order valence-corrected chi connectivity index (χ4v) is 4.52. The summed E-state index contributed by atoms with van der Waals surface area (Å²) in [5.74, 6) is 0.184. The predicted molar refractivity (Wildman–Crippen MR) is 55.4 cm³/mol. The Morgan fingerprint density at radius 2 is 2.00 bits per heavy atom. The van der Waals surface area contributed by atoms with Crippen molar-refractivity contribution in [3.8, 4) is 0 Å². The molecule has 2 fully saturated rings. The molecule has 2 heterocycles. The zero-order valence-corrected chi connectivity index (χ0v) is 9.84. The van der Waals surface area contributed by atoms with E-state index < -0.39 is 26.3 Å². The highest BCUT2D eigenvalue weighted by molar-refractivity contribution is 7.92. The SMILES string of the molecule is CC1C2(CCC(C)(C=O)O2)CCS1(=O)=O. The van der Waals surface area contributed by atoms with E-state index in [1.54, 1.807) is 13.8 Å². The molecule has 1 spiro atoms. The maximum Gasteiger partial charge on any atom is 0.155 e. The lowest BCUT2D eigenvalue weighted by atomic mass is 9.92. The van der Waals surface area contributed by atoms with E-state index in [1.165, 1.54) is 0 Å². The molecule has 0 aliphatic carbocycles. The van der Waals surface area contributed by atoms with Crippen LogP contribution in [0.2, 0.25) is 0 Å². The van der Waals surface area contributed by atoms with E-state index >= 15 is 0 Å². The van der Waals surface area contributed by atoms with Crippen LogP contribution in [0.1, 0.15) is 33.1 Å². The van der Waals surface area contributed by atoms with E-state index in [0.29, 0.717) is 19.3 Å². The molecule has 0 N–H and O–H groups in total. The molecular weight excluding hydrogens is 216 g/mol. The number of ether oxygens (including phenoxy) is 1. The minimum absolute atomic E-state index is 0.184. The van der Waals surface area contributed by atoms with Gasteiger partial charge in [0.05, 0.1) is 16.6 Å². The first kappa shape index (κ1) is 11.1. The van der Waals surface area contributed by atoms with Gasteiger partial charge in [0, 0.05) is 0 Å². The molecule has 0 aromatic rings. The fourth-order valence-electron chi connectivity index (χ4n) is 2.59. The van der Waals surface area contributed by atoms with E-state index in [1.807, 2.05) is 0 Å². The first-order valence-electron chi connectivity index (χ1n) is 5.22. The molecule has 2 aliphatic rings. The second-order valence-corrected chi connectivity index (χ2v) is 7.30. The van der Waals surface area contributed by atoms with Gasteiger partial charge in [-0.3, -0.25) is 0 Å². The van der Waals surface area contributed by atoms with Crippen molar-refractivity contribution in [2.45, 2.75) is 49.6 Å². The van der Waals surface area contributed by atoms with Crippen molar-refractivity contribution in [3.05, 3.63) is 0 Å². The highest BCUT2D eigenvalue weighted by Crippen LogP contribution is 2.47. The summed E-state index contributed by atoms with van der Waals surface area (Å²) in [7, 11) is -3.02. The predicted octanol–water partition coefficient (Wildman–Crippen LogP) is 0.700. The summed E-state index contributed by atoms with van der Waals surface area (Å²) in [6.45, 7) is 3.42. The average molecular weight is 232 g/mol. The van der Waals surface area contributed by atoms with Crippen LogP contribution in [0.15, 0.2) is 0 Å². The van der Waals surface area contributed by atoms with Crippen LogP contribution in [0.5, 0.6) is 0 Å². The molecule has 0 saturated carbocycles. The summed E-state index contributed by atoms with van der Waals surface area (Å²) in [6.07, 6.45) is 2.61. The molecule has 0 radical (unpaired) electrons. The molecule has 0 aromatic carbocycles. The molecule has 0 aromatic heterocycles. The lowest BCUT2D eigenvalue weighted by molar-refractivity contribution is -0.137. The number of hydrogen-bond donors (Lipinski definition) is 0. The van der Waals surface area contributed by atoms with E-state index in [9.17, 15) is 13.2 Å². The number of aldehydes is 1. The van der Waals surface area contributed by atoms with Gasteiger partial charge in [0.1, 0.15) is 5.60 Å². The van der Waals surface area contributed by atoms with Gasteiger partial charge in [-0.2, -0.15) is 0 Å². The molecule has 3 atom stereocenters. The highest BCUT2D eigenvalue weighted by atomic mass is 32.2. The largest absolute Gasteiger partial charge is 0.360 e.